The normalized spacial score (nSPS) is 15.7. The Kier molecular flexibility index (Phi) is 7.03. The van der Waals surface area contributed by atoms with Gasteiger partial charge in [0.1, 0.15) is 17.4 Å². The van der Waals surface area contributed by atoms with Crippen LogP contribution < -0.4 is 4.74 Å². The molecule has 5 nitrogen and oxygen atoms in total. The Morgan fingerprint density at radius 3 is 2.61 bits per heavy atom. The molecule has 1 unspecified atom stereocenters. The number of unbranched alkanes of at least 4 members (excludes halogenated alkanes) is 1. The number of hydrogen-bond acceptors (Lipinski definition) is 3. The van der Waals surface area contributed by atoms with E-state index in [1.807, 2.05) is 29.2 Å². The van der Waals surface area contributed by atoms with Crippen molar-refractivity contribution in [3.63, 3.8) is 0 Å². The Bertz CT molecular complexity index is 1360. The first-order chi connectivity index (χ1) is 17.5. The summed E-state index contributed by atoms with van der Waals surface area (Å²) < 4.78 is 21.5. The molecule has 1 aliphatic heterocycles. The molecule has 1 saturated heterocycles. The number of likely N-dealkylation sites (tertiary alicyclic amines) is 1. The summed E-state index contributed by atoms with van der Waals surface area (Å²) in [6, 6.07) is 20.7. The predicted molar refractivity (Wildman–Crippen MR) is 140 cm³/mol. The molecule has 0 aliphatic carbocycles. The molecule has 3 aromatic carbocycles. The molecule has 0 bridgehead atoms. The Labute approximate surface area is 211 Å². The first-order valence-corrected chi connectivity index (χ1v) is 12.7. The van der Waals surface area contributed by atoms with Crippen LogP contribution >= 0.6 is 0 Å². The molecule has 0 N–H and O–H groups in total. The maximum absolute atomic E-state index is 13.3. The number of rotatable bonds is 9. The van der Waals surface area contributed by atoms with Crippen molar-refractivity contribution < 1.29 is 13.9 Å². The zero-order chi connectivity index (χ0) is 25.1. The minimum absolute atomic E-state index is 0.0390. The van der Waals surface area contributed by atoms with Crippen LogP contribution in [-0.2, 0) is 17.9 Å². The Morgan fingerprint density at radius 1 is 1.00 bits per heavy atom. The molecule has 1 fully saturated rings. The lowest BCUT2D eigenvalue weighted by atomic mass is 10.1. The van der Waals surface area contributed by atoms with Crippen LogP contribution in [0.5, 0.6) is 5.75 Å². The number of amides is 1. The lowest BCUT2D eigenvalue weighted by Crippen LogP contribution is -2.24. The standard InChI is InChI=1S/C30H32FN3O2/c1-21-9-14-26(17-22(21)2)36-16-6-5-15-34-28-8-4-3-7-27(28)32-30(34)24-18-29(35)33(20-24)19-23-10-12-25(31)13-11-23/h3-4,7-14,17,24H,5-6,15-16,18-20H2,1-2H3. The number of aromatic nitrogens is 2. The van der Waals surface area contributed by atoms with E-state index in [1.54, 1.807) is 12.1 Å². The fourth-order valence-corrected chi connectivity index (χ4v) is 4.91. The predicted octanol–water partition coefficient (Wildman–Crippen LogP) is 6.17. The number of imidazole rings is 1. The number of fused-ring (bicyclic) bond motifs is 1. The van der Waals surface area contributed by atoms with Gasteiger partial charge in [-0.05, 0) is 79.8 Å². The number of carbonyl (C=O) groups is 1. The fraction of sp³-hybridized carbons (Fsp3) is 0.333. The summed E-state index contributed by atoms with van der Waals surface area (Å²) in [5.74, 6) is 1.78. The molecule has 36 heavy (non-hydrogen) atoms. The van der Waals surface area contributed by atoms with Crippen LogP contribution in [0.4, 0.5) is 4.39 Å². The quantitative estimate of drug-likeness (QED) is 0.267. The molecule has 6 heteroatoms. The monoisotopic (exact) mass is 485 g/mol. The fourth-order valence-electron chi connectivity index (χ4n) is 4.91. The molecule has 0 spiro atoms. The highest BCUT2D eigenvalue weighted by Gasteiger charge is 2.33. The van der Waals surface area contributed by atoms with Crippen LogP contribution in [0.2, 0.25) is 0 Å². The second-order valence-corrected chi connectivity index (χ2v) is 9.71. The topological polar surface area (TPSA) is 47.4 Å². The third-order valence-corrected chi connectivity index (χ3v) is 7.07. The zero-order valence-electron chi connectivity index (χ0n) is 20.9. The molecule has 1 atom stereocenters. The van der Waals surface area contributed by atoms with E-state index in [0.29, 0.717) is 26.1 Å². The molecule has 1 aromatic heterocycles. The number of hydrogen-bond donors (Lipinski definition) is 0. The average molecular weight is 486 g/mol. The van der Waals surface area contributed by atoms with Crippen LogP contribution in [0.3, 0.4) is 0 Å². The number of ether oxygens (including phenoxy) is 1. The van der Waals surface area contributed by atoms with Gasteiger partial charge in [0.25, 0.3) is 0 Å². The highest BCUT2D eigenvalue weighted by atomic mass is 19.1. The van der Waals surface area contributed by atoms with Crippen molar-refractivity contribution in [2.24, 2.45) is 0 Å². The van der Waals surface area contributed by atoms with Gasteiger partial charge < -0.3 is 14.2 Å². The lowest BCUT2D eigenvalue weighted by Gasteiger charge is -2.17. The SMILES string of the molecule is Cc1ccc(OCCCCn2c(C3CC(=O)N(Cc4ccc(F)cc4)C3)nc3ccccc32)cc1C. The van der Waals surface area contributed by atoms with E-state index in [1.165, 1.54) is 23.3 Å². The van der Waals surface area contributed by atoms with Crippen molar-refractivity contribution in [2.45, 2.75) is 52.1 Å². The maximum atomic E-state index is 13.3. The van der Waals surface area contributed by atoms with Crippen molar-refractivity contribution >= 4 is 16.9 Å². The summed E-state index contributed by atoms with van der Waals surface area (Å²) in [6.07, 6.45) is 2.33. The molecule has 0 radical (unpaired) electrons. The first-order valence-electron chi connectivity index (χ1n) is 12.7. The van der Waals surface area contributed by atoms with Crippen molar-refractivity contribution in [3.8, 4) is 5.75 Å². The molecule has 1 aliphatic rings. The third kappa shape index (κ3) is 5.27. The van der Waals surface area contributed by atoms with Crippen LogP contribution in [0.1, 0.15) is 47.7 Å². The summed E-state index contributed by atoms with van der Waals surface area (Å²) in [7, 11) is 0. The second-order valence-electron chi connectivity index (χ2n) is 9.71. The van der Waals surface area contributed by atoms with Gasteiger partial charge in [-0.25, -0.2) is 9.37 Å². The molecule has 4 aromatic rings. The Hall–Kier alpha value is -3.67. The lowest BCUT2D eigenvalue weighted by molar-refractivity contribution is -0.128. The Morgan fingerprint density at radius 2 is 1.81 bits per heavy atom. The van der Waals surface area contributed by atoms with E-state index in [0.717, 1.165) is 47.6 Å². The molecule has 1 amide bonds. The van der Waals surface area contributed by atoms with Gasteiger partial charge in [-0.2, -0.15) is 0 Å². The minimum Gasteiger partial charge on any atom is -0.494 e. The van der Waals surface area contributed by atoms with Gasteiger partial charge in [0.05, 0.1) is 17.6 Å². The van der Waals surface area contributed by atoms with Crippen molar-refractivity contribution in [1.29, 1.82) is 0 Å². The van der Waals surface area contributed by atoms with Crippen molar-refractivity contribution in [3.05, 3.63) is 95.1 Å². The average Bonchev–Trinajstić information content (AvgIpc) is 3.42. The van der Waals surface area contributed by atoms with E-state index in [9.17, 15) is 9.18 Å². The summed E-state index contributed by atoms with van der Waals surface area (Å²) in [5, 5.41) is 0. The van der Waals surface area contributed by atoms with Crippen molar-refractivity contribution in [2.75, 3.05) is 13.2 Å². The van der Waals surface area contributed by atoms with Gasteiger partial charge in [0.2, 0.25) is 5.91 Å². The number of nitrogens with zero attached hydrogens (tertiary/aromatic N) is 3. The van der Waals surface area contributed by atoms with Crippen molar-refractivity contribution in [1.82, 2.24) is 14.5 Å². The largest absolute Gasteiger partial charge is 0.494 e. The second kappa shape index (κ2) is 10.5. The van der Waals surface area contributed by atoms with Crippen LogP contribution in [0, 0.1) is 19.7 Å². The van der Waals surface area contributed by atoms with E-state index < -0.39 is 0 Å². The molecule has 186 valence electrons. The first kappa shape index (κ1) is 24.0. The van der Waals surface area contributed by atoms with Gasteiger partial charge >= 0.3 is 0 Å². The zero-order valence-corrected chi connectivity index (χ0v) is 20.9. The molecule has 2 heterocycles. The summed E-state index contributed by atoms with van der Waals surface area (Å²) in [5.41, 5.74) is 5.50. The highest BCUT2D eigenvalue weighted by Crippen LogP contribution is 2.31. The van der Waals surface area contributed by atoms with Crippen LogP contribution in [-0.4, -0.2) is 33.5 Å². The van der Waals surface area contributed by atoms with Crippen LogP contribution in [0.15, 0.2) is 66.7 Å². The van der Waals surface area contributed by atoms with E-state index in [2.05, 4.69) is 36.6 Å². The summed E-state index contributed by atoms with van der Waals surface area (Å²) in [4.78, 5) is 19.6. The number of para-hydroxylation sites is 2. The van der Waals surface area contributed by atoms with E-state index in [-0.39, 0.29) is 17.6 Å². The van der Waals surface area contributed by atoms with Gasteiger partial charge in [0, 0.05) is 32.0 Å². The molecular weight excluding hydrogens is 453 g/mol. The van der Waals surface area contributed by atoms with Gasteiger partial charge in [-0.1, -0.05) is 30.3 Å². The third-order valence-electron chi connectivity index (χ3n) is 7.07. The minimum atomic E-state index is -0.266. The highest BCUT2D eigenvalue weighted by molar-refractivity contribution is 5.81. The van der Waals surface area contributed by atoms with Gasteiger partial charge in [-0.3, -0.25) is 4.79 Å². The maximum Gasteiger partial charge on any atom is 0.223 e. The number of carbonyl (C=O) groups excluding carboxylic acids is 1. The van der Waals surface area contributed by atoms with Gasteiger partial charge in [0.15, 0.2) is 0 Å². The summed E-state index contributed by atoms with van der Waals surface area (Å²) in [6.45, 7) is 6.81. The van der Waals surface area contributed by atoms with Crippen LogP contribution in [0.25, 0.3) is 11.0 Å². The van der Waals surface area contributed by atoms with Gasteiger partial charge in [-0.15, -0.1) is 0 Å². The molecular formula is C30H32FN3O2. The summed E-state index contributed by atoms with van der Waals surface area (Å²) >= 11 is 0. The number of benzene rings is 3. The number of halogens is 1. The van der Waals surface area contributed by atoms with E-state index in [4.69, 9.17) is 9.72 Å². The van der Waals surface area contributed by atoms with E-state index >= 15 is 0 Å². The smallest absolute Gasteiger partial charge is 0.223 e. The number of aryl methyl sites for hydroxylation is 3. The molecule has 5 rings (SSSR count). The Balaban J connectivity index is 1.25. The molecule has 0 saturated carbocycles.